The summed E-state index contributed by atoms with van der Waals surface area (Å²) in [5.41, 5.74) is 1.38. The van der Waals surface area contributed by atoms with E-state index in [1.165, 1.54) is 11.3 Å². The molecule has 25 heavy (non-hydrogen) atoms. The van der Waals surface area contributed by atoms with Gasteiger partial charge < -0.3 is 10.1 Å². The molecule has 1 aromatic heterocycles. The predicted octanol–water partition coefficient (Wildman–Crippen LogP) is 3.89. The largest absolute Gasteiger partial charge is 0.450 e. The minimum absolute atomic E-state index is 0.0984. The van der Waals surface area contributed by atoms with E-state index in [4.69, 9.17) is 4.74 Å². The molecular weight excluding hydrogens is 340 g/mol. The molecule has 0 unspecified atom stereocenters. The summed E-state index contributed by atoms with van der Waals surface area (Å²) in [6, 6.07) is 0. The average molecular weight is 366 g/mol. The summed E-state index contributed by atoms with van der Waals surface area (Å²) < 4.78 is 4.79. The second kappa shape index (κ2) is 8.99. The number of imide groups is 1. The SMILES string of the molecule is CCCCC(=O)Nc1sc2c(c1C(=O)NC(=O)OCC)CC[C@@H](C)C2. The molecule has 0 spiro atoms. The molecule has 0 aromatic carbocycles. The van der Waals surface area contributed by atoms with Crippen molar-refractivity contribution >= 4 is 34.2 Å². The summed E-state index contributed by atoms with van der Waals surface area (Å²) in [6.07, 6.45) is 4.06. The number of ether oxygens (including phenoxy) is 1. The van der Waals surface area contributed by atoms with Crippen molar-refractivity contribution < 1.29 is 19.1 Å². The number of carbonyl (C=O) groups is 3. The second-order valence-corrected chi connectivity index (χ2v) is 7.49. The van der Waals surface area contributed by atoms with E-state index in [0.717, 1.165) is 42.5 Å². The molecule has 3 amide bonds. The van der Waals surface area contributed by atoms with Crippen molar-refractivity contribution in [2.75, 3.05) is 11.9 Å². The highest BCUT2D eigenvalue weighted by atomic mass is 32.1. The van der Waals surface area contributed by atoms with E-state index in [1.807, 2.05) is 6.92 Å². The number of thiophene rings is 1. The monoisotopic (exact) mass is 366 g/mol. The van der Waals surface area contributed by atoms with Crippen LogP contribution < -0.4 is 10.6 Å². The Balaban J connectivity index is 2.26. The van der Waals surface area contributed by atoms with Gasteiger partial charge in [-0.3, -0.25) is 14.9 Å². The van der Waals surface area contributed by atoms with Crippen LogP contribution >= 0.6 is 11.3 Å². The molecule has 0 bridgehead atoms. The molecule has 7 heteroatoms. The molecule has 1 aromatic rings. The van der Waals surface area contributed by atoms with Gasteiger partial charge in [0, 0.05) is 11.3 Å². The number of rotatable bonds is 6. The van der Waals surface area contributed by atoms with Crippen LogP contribution in [0.15, 0.2) is 0 Å². The maximum Gasteiger partial charge on any atom is 0.414 e. The maximum absolute atomic E-state index is 12.6. The van der Waals surface area contributed by atoms with Crippen LogP contribution in [-0.2, 0) is 22.4 Å². The van der Waals surface area contributed by atoms with Gasteiger partial charge in [-0.05, 0) is 44.1 Å². The minimum atomic E-state index is -0.764. The van der Waals surface area contributed by atoms with Gasteiger partial charge >= 0.3 is 6.09 Å². The smallest absolute Gasteiger partial charge is 0.414 e. The average Bonchev–Trinajstić information content (AvgIpc) is 2.89. The van der Waals surface area contributed by atoms with Crippen molar-refractivity contribution in [3.63, 3.8) is 0 Å². The highest BCUT2D eigenvalue weighted by molar-refractivity contribution is 7.17. The Morgan fingerprint density at radius 1 is 1.28 bits per heavy atom. The van der Waals surface area contributed by atoms with Crippen molar-refractivity contribution in [2.24, 2.45) is 5.92 Å². The Bertz CT molecular complexity index is 654. The normalized spacial score (nSPS) is 16.0. The van der Waals surface area contributed by atoms with E-state index in [-0.39, 0.29) is 12.5 Å². The van der Waals surface area contributed by atoms with E-state index in [1.54, 1.807) is 6.92 Å². The van der Waals surface area contributed by atoms with Crippen LogP contribution in [0.4, 0.5) is 9.80 Å². The van der Waals surface area contributed by atoms with Gasteiger partial charge in [0.2, 0.25) is 5.91 Å². The van der Waals surface area contributed by atoms with Gasteiger partial charge in [0.25, 0.3) is 5.91 Å². The number of unbranched alkanes of at least 4 members (excludes halogenated alkanes) is 1. The van der Waals surface area contributed by atoms with Gasteiger partial charge in [-0.1, -0.05) is 20.3 Å². The van der Waals surface area contributed by atoms with Crippen molar-refractivity contribution in [2.45, 2.75) is 59.3 Å². The number of alkyl carbamates (subject to hydrolysis) is 1. The standard InChI is InChI=1S/C18H26N2O4S/c1-4-6-7-14(21)19-17-15(16(22)20-18(23)24-5-2)12-9-8-11(3)10-13(12)25-17/h11H,4-10H2,1-3H3,(H,19,21)(H,20,22,23)/t11-/m1/s1. The summed E-state index contributed by atoms with van der Waals surface area (Å²) in [6.45, 7) is 6.08. The number of carbonyl (C=O) groups excluding carboxylic acids is 3. The summed E-state index contributed by atoms with van der Waals surface area (Å²) in [4.78, 5) is 37.5. The first kappa shape index (κ1) is 19.4. The molecule has 1 aliphatic carbocycles. The molecular formula is C18H26N2O4S. The third kappa shape index (κ3) is 5.04. The lowest BCUT2D eigenvalue weighted by Crippen LogP contribution is -2.32. The van der Waals surface area contributed by atoms with Crippen LogP contribution in [0.3, 0.4) is 0 Å². The Morgan fingerprint density at radius 3 is 2.72 bits per heavy atom. The molecule has 0 radical (unpaired) electrons. The molecule has 2 rings (SSSR count). The van der Waals surface area contributed by atoms with E-state index in [0.29, 0.717) is 22.9 Å². The molecule has 6 nitrogen and oxygen atoms in total. The summed E-state index contributed by atoms with van der Waals surface area (Å²) in [7, 11) is 0. The zero-order valence-corrected chi connectivity index (χ0v) is 15.9. The molecule has 0 saturated heterocycles. The third-order valence-corrected chi connectivity index (χ3v) is 5.41. The third-order valence-electron chi connectivity index (χ3n) is 4.24. The fourth-order valence-electron chi connectivity index (χ4n) is 2.93. The molecule has 1 aliphatic rings. The molecule has 1 heterocycles. The minimum Gasteiger partial charge on any atom is -0.450 e. The Kier molecular flexibility index (Phi) is 6.99. The van der Waals surface area contributed by atoms with E-state index >= 15 is 0 Å². The molecule has 2 N–H and O–H groups in total. The molecule has 0 saturated carbocycles. The highest BCUT2D eigenvalue weighted by Crippen LogP contribution is 2.39. The lowest BCUT2D eigenvalue weighted by molar-refractivity contribution is -0.116. The molecule has 0 fully saturated rings. The van der Waals surface area contributed by atoms with Crippen LogP contribution in [0.2, 0.25) is 0 Å². The van der Waals surface area contributed by atoms with E-state index in [9.17, 15) is 14.4 Å². The fraction of sp³-hybridized carbons (Fsp3) is 0.611. The fourth-order valence-corrected chi connectivity index (χ4v) is 4.35. The first-order chi connectivity index (χ1) is 12.0. The molecule has 1 atom stereocenters. The number of hydrogen-bond donors (Lipinski definition) is 2. The Hall–Kier alpha value is -1.89. The van der Waals surface area contributed by atoms with Gasteiger partial charge in [0.1, 0.15) is 5.00 Å². The van der Waals surface area contributed by atoms with Gasteiger partial charge in [0.05, 0.1) is 12.2 Å². The Morgan fingerprint density at radius 2 is 2.04 bits per heavy atom. The van der Waals surface area contributed by atoms with Crippen molar-refractivity contribution in [3.8, 4) is 0 Å². The summed E-state index contributed by atoms with van der Waals surface area (Å²) >= 11 is 1.45. The number of nitrogens with one attached hydrogen (secondary N) is 2. The number of amides is 3. The predicted molar refractivity (Wildman–Crippen MR) is 98.2 cm³/mol. The topological polar surface area (TPSA) is 84.5 Å². The van der Waals surface area contributed by atoms with Gasteiger partial charge in [-0.2, -0.15) is 0 Å². The lowest BCUT2D eigenvalue weighted by Gasteiger charge is -2.18. The van der Waals surface area contributed by atoms with Gasteiger partial charge in [0.15, 0.2) is 0 Å². The maximum atomic E-state index is 12.6. The van der Waals surface area contributed by atoms with Crippen molar-refractivity contribution in [3.05, 3.63) is 16.0 Å². The highest BCUT2D eigenvalue weighted by Gasteiger charge is 2.29. The van der Waals surface area contributed by atoms with Crippen LogP contribution in [-0.4, -0.2) is 24.5 Å². The number of anilines is 1. The first-order valence-corrected chi connectivity index (χ1v) is 9.70. The first-order valence-electron chi connectivity index (χ1n) is 8.88. The van der Waals surface area contributed by atoms with Crippen LogP contribution in [0.1, 0.15) is 67.3 Å². The van der Waals surface area contributed by atoms with Crippen LogP contribution in [0, 0.1) is 5.92 Å². The quantitative estimate of drug-likeness (QED) is 0.800. The van der Waals surface area contributed by atoms with Crippen LogP contribution in [0.5, 0.6) is 0 Å². The van der Waals surface area contributed by atoms with Crippen molar-refractivity contribution in [1.82, 2.24) is 5.32 Å². The number of fused-ring (bicyclic) bond motifs is 1. The Labute approximate surface area is 152 Å². The van der Waals surface area contributed by atoms with Crippen molar-refractivity contribution in [1.29, 1.82) is 0 Å². The van der Waals surface area contributed by atoms with Gasteiger partial charge in [-0.15, -0.1) is 11.3 Å². The lowest BCUT2D eigenvalue weighted by atomic mass is 9.88. The zero-order valence-electron chi connectivity index (χ0n) is 15.1. The van der Waals surface area contributed by atoms with E-state index < -0.39 is 12.0 Å². The van der Waals surface area contributed by atoms with Gasteiger partial charge in [-0.25, -0.2) is 4.79 Å². The zero-order chi connectivity index (χ0) is 18.4. The summed E-state index contributed by atoms with van der Waals surface area (Å²) in [5, 5.41) is 5.67. The molecule has 138 valence electrons. The van der Waals surface area contributed by atoms with Crippen LogP contribution in [0.25, 0.3) is 0 Å². The summed E-state index contributed by atoms with van der Waals surface area (Å²) in [5.74, 6) is -0.0502. The molecule has 0 aliphatic heterocycles. The second-order valence-electron chi connectivity index (χ2n) is 6.38. The number of hydrogen-bond acceptors (Lipinski definition) is 5. The van der Waals surface area contributed by atoms with E-state index in [2.05, 4.69) is 17.6 Å².